The second-order valence-electron chi connectivity index (χ2n) is 6.11. The van der Waals surface area contributed by atoms with Crippen LogP contribution in [0.5, 0.6) is 5.75 Å². The molecule has 0 aliphatic carbocycles. The van der Waals surface area contributed by atoms with Gasteiger partial charge in [-0.25, -0.2) is 4.79 Å². The molecule has 0 spiro atoms. The summed E-state index contributed by atoms with van der Waals surface area (Å²) in [5, 5.41) is 11.3. The van der Waals surface area contributed by atoms with Gasteiger partial charge in [0.05, 0.1) is 18.2 Å². The molecule has 25 heavy (non-hydrogen) atoms. The molecule has 0 saturated heterocycles. The maximum absolute atomic E-state index is 12.2. The van der Waals surface area contributed by atoms with E-state index >= 15 is 0 Å². The van der Waals surface area contributed by atoms with E-state index in [0.717, 1.165) is 27.9 Å². The van der Waals surface area contributed by atoms with Crippen molar-refractivity contribution in [3.63, 3.8) is 0 Å². The maximum Gasteiger partial charge on any atom is 0.340 e. The zero-order valence-electron chi connectivity index (χ0n) is 14.7. The molecule has 4 nitrogen and oxygen atoms in total. The van der Waals surface area contributed by atoms with Crippen LogP contribution in [0.3, 0.4) is 0 Å². The van der Waals surface area contributed by atoms with Crippen LogP contribution < -0.4 is 0 Å². The van der Waals surface area contributed by atoms with Crippen molar-refractivity contribution in [1.29, 1.82) is 0 Å². The molecule has 0 aliphatic rings. The van der Waals surface area contributed by atoms with Crippen molar-refractivity contribution in [2.75, 3.05) is 7.11 Å². The van der Waals surface area contributed by atoms with Crippen LogP contribution >= 0.6 is 0 Å². The first kappa shape index (κ1) is 16.8. The lowest BCUT2D eigenvalue weighted by molar-refractivity contribution is 0.0602. The molecule has 128 valence electrons. The van der Waals surface area contributed by atoms with Crippen LogP contribution in [0.2, 0.25) is 0 Å². The third kappa shape index (κ3) is 2.80. The predicted molar refractivity (Wildman–Crippen MR) is 100 cm³/mol. The number of fused-ring (bicyclic) bond motifs is 1. The lowest BCUT2D eigenvalue weighted by Crippen LogP contribution is -2.04. The molecule has 0 unspecified atom stereocenters. The SMILES string of the molecule is C=CCn1c(C)c(C(=O)OC)c2cc(O)c(-c3cccc(C)c3)cc21. The summed E-state index contributed by atoms with van der Waals surface area (Å²) in [5.41, 5.74) is 4.92. The van der Waals surface area contributed by atoms with E-state index in [4.69, 9.17) is 4.74 Å². The van der Waals surface area contributed by atoms with Gasteiger partial charge in [-0.3, -0.25) is 0 Å². The average Bonchev–Trinajstić information content (AvgIpc) is 2.85. The number of aromatic hydroxyl groups is 1. The first-order valence-corrected chi connectivity index (χ1v) is 8.10. The zero-order chi connectivity index (χ0) is 18.1. The van der Waals surface area contributed by atoms with E-state index in [-0.39, 0.29) is 5.75 Å². The van der Waals surface area contributed by atoms with E-state index in [2.05, 4.69) is 6.58 Å². The third-order valence-electron chi connectivity index (χ3n) is 4.47. The zero-order valence-corrected chi connectivity index (χ0v) is 14.7. The molecule has 3 rings (SSSR count). The van der Waals surface area contributed by atoms with Crippen molar-refractivity contribution in [2.24, 2.45) is 0 Å². The monoisotopic (exact) mass is 335 g/mol. The van der Waals surface area contributed by atoms with Gasteiger partial charge in [0.15, 0.2) is 0 Å². The largest absolute Gasteiger partial charge is 0.507 e. The standard InChI is InChI=1S/C21H21NO3/c1-5-9-22-14(3)20(21(24)25-4)17-12-19(23)16(11-18(17)22)15-8-6-7-13(2)10-15/h5-8,10-12,23H,1,9H2,2-4H3. The number of carbonyl (C=O) groups is 1. The number of hydrogen-bond donors (Lipinski definition) is 1. The van der Waals surface area contributed by atoms with Gasteiger partial charge < -0.3 is 14.4 Å². The fourth-order valence-corrected chi connectivity index (χ4v) is 3.28. The summed E-state index contributed by atoms with van der Waals surface area (Å²) in [6.07, 6.45) is 1.78. The van der Waals surface area contributed by atoms with Crippen molar-refractivity contribution in [3.05, 3.63) is 65.9 Å². The van der Waals surface area contributed by atoms with Crippen molar-refractivity contribution in [3.8, 4) is 16.9 Å². The van der Waals surface area contributed by atoms with Gasteiger partial charge in [0.1, 0.15) is 5.75 Å². The summed E-state index contributed by atoms with van der Waals surface area (Å²) in [6, 6.07) is 11.5. The van der Waals surface area contributed by atoms with Gasteiger partial charge in [-0.1, -0.05) is 35.9 Å². The van der Waals surface area contributed by atoms with E-state index in [0.29, 0.717) is 17.5 Å². The Morgan fingerprint density at radius 2 is 2.04 bits per heavy atom. The van der Waals surface area contributed by atoms with Gasteiger partial charge in [-0.2, -0.15) is 0 Å². The number of hydrogen-bond acceptors (Lipinski definition) is 3. The lowest BCUT2D eigenvalue weighted by Gasteiger charge is -2.09. The summed E-state index contributed by atoms with van der Waals surface area (Å²) in [5.74, 6) is -0.271. The lowest BCUT2D eigenvalue weighted by atomic mass is 10.00. The number of nitrogens with zero attached hydrogens (tertiary/aromatic N) is 1. The van der Waals surface area contributed by atoms with Gasteiger partial charge in [-0.15, -0.1) is 6.58 Å². The topological polar surface area (TPSA) is 51.5 Å². The van der Waals surface area contributed by atoms with Gasteiger partial charge in [0, 0.05) is 23.2 Å². The molecular weight excluding hydrogens is 314 g/mol. The first-order valence-electron chi connectivity index (χ1n) is 8.10. The molecule has 0 fully saturated rings. The fourth-order valence-electron chi connectivity index (χ4n) is 3.28. The Hall–Kier alpha value is -3.01. The Labute approximate surface area is 147 Å². The number of aryl methyl sites for hydroxylation is 1. The molecular formula is C21H21NO3. The summed E-state index contributed by atoms with van der Waals surface area (Å²) in [4.78, 5) is 12.2. The summed E-state index contributed by atoms with van der Waals surface area (Å²) in [7, 11) is 1.36. The van der Waals surface area contributed by atoms with Crippen LogP contribution in [0.15, 0.2) is 49.1 Å². The minimum absolute atomic E-state index is 0.138. The smallest absolute Gasteiger partial charge is 0.340 e. The molecule has 0 aliphatic heterocycles. The van der Waals surface area contributed by atoms with Gasteiger partial charge in [0.2, 0.25) is 0 Å². The van der Waals surface area contributed by atoms with Crippen LogP contribution in [0, 0.1) is 13.8 Å². The van der Waals surface area contributed by atoms with Gasteiger partial charge >= 0.3 is 5.97 Å². The van der Waals surface area contributed by atoms with Crippen LogP contribution in [0.1, 0.15) is 21.6 Å². The van der Waals surface area contributed by atoms with Crippen LogP contribution in [-0.4, -0.2) is 22.8 Å². The molecule has 0 radical (unpaired) electrons. The Kier molecular flexibility index (Phi) is 4.36. The quantitative estimate of drug-likeness (QED) is 0.560. The average molecular weight is 335 g/mol. The first-order chi connectivity index (χ1) is 12.0. The van der Waals surface area contributed by atoms with Crippen LogP contribution in [-0.2, 0) is 11.3 Å². The van der Waals surface area contributed by atoms with Crippen molar-refractivity contribution >= 4 is 16.9 Å². The van der Waals surface area contributed by atoms with Crippen LogP contribution in [0.4, 0.5) is 0 Å². The highest BCUT2D eigenvalue weighted by Crippen LogP contribution is 2.37. The Morgan fingerprint density at radius 3 is 2.68 bits per heavy atom. The molecule has 1 aromatic heterocycles. The molecule has 0 amide bonds. The van der Waals surface area contributed by atoms with E-state index in [1.165, 1.54) is 7.11 Å². The summed E-state index contributed by atoms with van der Waals surface area (Å²) in [6.45, 7) is 8.26. The molecule has 2 aromatic carbocycles. The van der Waals surface area contributed by atoms with E-state index in [9.17, 15) is 9.90 Å². The van der Waals surface area contributed by atoms with Crippen molar-refractivity contribution < 1.29 is 14.6 Å². The van der Waals surface area contributed by atoms with E-state index in [1.54, 1.807) is 12.1 Å². The minimum atomic E-state index is -0.409. The highest BCUT2D eigenvalue weighted by atomic mass is 16.5. The maximum atomic E-state index is 12.2. The number of benzene rings is 2. The molecule has 1 N–H and O–H groups in total. The molecule has 0 bridgehead atoms. The van der Waals surface area contributed by atoms with E-state index < -0.39 is 5.97 Å². The molecule has 0 atom stereocenters. The van der Waals surface area contributed by atoms with Crippen molar-refractivity contribution in [1.82, 2.24) is 4.57 Å². The molecule has 0 saturated carbocycles. The number of phenolic OH excluding ortho intramolecular Hbond substituents is 1. The summed E-state index contributed by atoms with van der Waals surface area (Å²) >= 11 is 0. The number of rotatable bonds is 4. The number of ether oxygens (including phenoxy) is 1. The number of phenols is 1. The highest BCUT2D eigenvalue weighted by molar-refractivity contribution is 6.07. The minimum Gasteiger partial charge on any atom is -0.507 e. The Bertz CT molecular complexity index is 982. The normalized spacial score (nSPS) is 10.8. The highest BCUT2D eigenvalue weighted by Gasteiger charge is 2.22. The molecule has 4 heteroatoms. The second-order valence-corrected chi connectivity index (χ2v) is 6.11. The molecule has 3 aromatic rings. The van der Waals surface area contributed by atoms with Gasteiger partial charge in [0.25, 0.3) is 0 Å². The number of carbonyl (C=O) groups excluding carboxylic acids is 1. The van der Waals surface area contributed by atoms with E-state index in [1.807, 2.05) is 48.7 Å². The third-order valence-corrected chi connectivity index (χ3v) is 4.47. The number of allylic oxidation sites excluding steroid dienone is 1. The summed E-state index contributed by atoms with van der Waals surface area (Å²) < 4.78 is 6.93. The predicted octanol–water partition coefficient (Wildman–Crippen LogP) is 4.60. The number of esters is 1. The van der Waals surface area contributed by atoms with Crippen LogP contribution in [0.25, 0.3) is 22.0 Å². The number of aromatic nitrogens is 1. The Morgan fingerprint density at radius 1 is 1.28 bits per heavy atom. The second kappa shape index (κ2) is 6.48. The molecule has 1 heterocycles. The fraction of sp³-hybridized carbons (Fsp3) is 0.190. The number of methoxy groups -OCH3 is 1. The Balaban J connectivity index is 2.34. The van der Waals surface area contributed by atoms with Crippen molar-refractivity contribution in [2.45, 2.75) is 20.4 Å². The van der Waals surface area contributed by atoms with Gasteiger partial charge in [-0.05, 0) is 31.5 Å².